The van der Waals surface area contributed by atoms with Crippen LogP contribution < -0.4 is 10.5 Å². The third-order valence-corrected chi connectivity index (χ3v) is 3.33. The second-order valence-electron chi connectivity index (χ2n) is 4.52. The van der Waals surface area contributed by atoms with E-state index in [0.717, 1.165) is 11.1 Å². The Bertz CT molecular complexity index is 956. The summed E-state index contributed by atoms with van der Waals surface area (Å²) < 4.78 is 6.93. The van der Waals surface area contributed by atoms with Crippen LogP contribution in [-0.2, 0) is 0 Å². The highest BCUT2D eigenvalue weighted by molar-refractivity contribution is 5.86. The van der Waals surface area contributed by atoms with Crippen LogP contribution in [0.4, 0.5) is 5.69 Å². The van der Waals surface area contributed by atoms with E-state index in [9.17, 15) is 0 Å². The van der Waals surface area contributed by atoms with Crippen LogP contribution in [0.2, 0.25) is 0 Å². The molecule has 3 aromatic heterocycles. The molecule has 8 heteroatoms. The summed E-state index contributed by atoms with van der Waals surface area (Å²) in [6.07, 6.45) is 3.21. The quantitative estimate of drug-likeness (QED) is 0.536. The first-order chi connectivity index (χ1) is 10.3. The van der Waals surface area contributed by atoms with Crippen molar-refractivity contribution in [3.63, 3.8) is 0 Å². The van der Waals surface area contributed by atoms with Crippen molar-refractivity contribution >= 4 is 22.5 Å². The smallest absolute Gasteiger partial charge is 0.190 e. The number of rotatable bonds is 2. The summed E-state index contributed by atoms with van der Waals surface area (Å²) in [5.41, 5.74) is 9.40. The Morgan fingerprint density at radius 1 is 1.24 bits per heavy atom. The minimum Gasteiger partial charge on any atom is -0.497 e. The van der Waals surface area contributed by atoms with Crippen LogP contribution in [0.25, 0.3) is 28.2 Å². The average Bonchev–Trinajstić information content (AvgIpc) is 3.12. The van der Waals surface area contributed by atoms with Crippen molar-refractivity contribution in [2.75, 3.05) is 12.8 Å². The molecule has 3 N–H and O–H groups in total. The summed E-state index contributed by atoms with van der Waals surface area (Å²) in [4.78, 5) is 11.4. The van der Waals surface area contributed by atoms with E-state index in [0.29, 0.717) is 28.6 Å². The van der Waals surface area contributed by atoms with E-state index < -0.39 is 0 Å². The lowest BCUT2D eigenvalue weighted by Gasteiger charge is -2.06. The number of nitrogens with zero attached hydrogens (tertiary/aromatic N) is 5. The number of imidazole rings is 1. The number of fused-ring (bicyclic) bond motifs is 3. The predicted octanol–water partition coefficient (Wildman–Crippen LogP) is 1.26. The van der Waals surface area contributed by atoms with Crippen molar-refractivity contribution in [1.82, 2.24) is 29.5 Å². The molecule has 0 spiro atoms. The number of benzene rings is 1. The molecule has 0 aliphatic carbocycles. The fourth-order valence-corrected chi connectivity index (χ4v) is 2.29. The number of ether oxygens (including phenoxy) is 1. The van der Waals surface area contributed by atoms with E-state index in [1.165, 1.54) is 0 Å². The van der Waals surface area contributed by atoms with Gasteiger partial charge >= 0.3 is 0 Å². The lowest BCUT2D eigenvalue weighted by molar-refractivity contribution is 0.415. The number of nitrogens with one attached hydrogen (secondary N) is 1. The van der Waals surface area contributed by atoms with Gasteiger partial charge in [-0.25, -0.2) is 9.97 Å². The van der Waals surface area contributed by atoms with Crippen molar-refractivity contribution < 1.29 is 4.74 Å². The molecule has 0 bridgehead atoms. The molecule has 0 aliphatic heterocycles. The molecule has 0 saturated heterocycles. The molecule has 0 atom stereocenters. The Labute approximate surface area is 118 Å². The van der Waals surface area contributed by atoms with Gasteiger partial charge in [-0.3, -0.25) is 4.40 Å². The van der Waals surface area contributed by atoms with Crippen LogP contribution in [0, 0.1) is 0 Å². The van der Waals surface area contributed by atoms with Gasteiger partial charge in [0.05, 0.1) is 13.4 Å². The number of hydrogen-bond acceptors (Lipinski definition) is 6. The van der Waals surface area contributed by atoms with Crippen LogP contribution in [-0.4, -0.2) is 36.7 Å². The van der Waals surface area contributed by atoms with Gasteiger partial charge in [-0.15, -0.1) is 10.2 Å². The molecule has 0 unspecified atom stereocenters. The monoisotopic (exact) mass is 281 g/mol. The zero-order valence-corrected chi connectivity index (χ0v) is 11.1. The van der Waals surface area contributed by atoms with Gasteiger partial charge in [-0.2, -0.15) is 0 Å². The summed E-state index contributed by atoms with van der Waals surface area (Å²) in [6, 6.07) is 5.43. The molecular weight excluding hydrogens is 270 g/mol. The summed E-state index contributed by atoms with van der Waals surface area (Å²) in [5, 5.41) is 8.41. The Hall–Kier alpha value is -3.16. The molecule has 0 amide bonds. The van der Waals surface area contributed by atoms with Gasteiger partial charge in [0.1, 0.15) is 17.6 Å². The predicted molar refractivity (Wildman–Crippen MR) is 76.8 cm³/mol. The second kappa shape index (κ2) is 4.17. The maximum absolute atomic E-state index is 6.07. The molecule has 0 aliphatic rings. The summed E-state index contributed by atoms with van der Waals surface area (Å²) in [7, 11) is 1.60. The summed E-state index contributed by atoms with van der Waals surface area (Å²) in [6.45, 7) is 0. The van der Waals surface area contributed by atoms with Gasteiger partial charge < -0.3 is 15.5 Å². The summed E-state index contributed by atoms with van der Waals surface area (Å²) >= 11 is 0. The molecule has 3 heterocycles. The number of methoxy groups -OCH3 is 1. The number of anilines is 1. The molecule has 0 radical (unpaired) electrons. The maximum atomic E-state index is 6.07. The first-order valence-corrected chi connectivity index (χ1v) is 6.24. The van der Waals surface area contributed by atoms with Crippen LogP contribution in [0.15, 0.2) is 30.9 Å². The number of aromatic amines is 1. The number of aromatic nitrogens is 6. The SMILES string of the molecule is COc1ccc(-c2nnc3c4[nH]cnc4ncn23)c(N)c1. The van der Waals surface area contributed by atoms with Crippen molar-refractivity contribution in [3.05, 3.63) is 30.9 Å². The number of hydrogen-bond donors (Lipinski definition) is 2. The molecule has 21 heavy (non-hydrogen) atoms. The van der Waals surface area contributed by atoms with Crippen molar-refractivity contribution in [2.45, 2.75) is 0 Å². The Kier molecular flexibility index (Phi) is 2.31. The Balaban J connectivity index is 1.98. The molecule has 104 valence electrons. The highest BCUT2D eigenvalue weighted by Gasteiger charge is 2.14. The first kappa shape index (κ1) is 11.6. The second-order valence-corrected chi connectivity index (χ2v) is 4.52. The molecule has 1 aromatic carbocycles. The van der Waals surface area contributed by atoms with E-state index >= 15 is 0 Å². The van der Waals surface area contributed by atoms with Crippen LogP contribution in [0.5, 0.6) is 5.75 Å². The van der Waals surface area contributed by atoms with Gasteiger partial charge in [0.2, 0.25) is 0 Å². The highest BCUT2D eigenvalue weighted by Crippen LogP contribution is 2.29. The number of nitrogen functional groups attached to an aromatic ring is 1. The van der Waals surface area contributed by atoms with Crippen molar-refractivity contribution in [3.8, 4) is 17.1 Å². The third-order valence-electron chi connectivity index (χ3n) is 3.33. The Morgan fingerprint density at radius 2 is 2.14 bits per heavy atom. The fourth-order valence-electron chi connectivity index (χ4n) is 2.29. The lowest BCUT2D eigenvalue weighted by atomic mass is 10.1. The molecule has 0 fully saturated rings. The normalized spacial score (nSPS) is 11.3. The van der Waals surface area contributed by atoms with Crippen molar-refractivity contribution in [1.29, 1.82) is 0 Å². The van der Waals surface area contributed by atoms with Crippen LogP contribution in [0.3, 0.4) is 0 Å². The fraction of sp³-hybridized carbons (Fsp3) is 0.0769. The first-order valence-electron chi connectivity index (χ1n) is 6.24. The number of nitrogens with two attached hydrogens (primary N) is 1. The van der Waals surface area contributed by atoms with Gasteiger partial charge in [-0.05, 0) is 12.1 Å². The van der Waals surface area contributed by atoms with E-state index in [2.05, 4.69) is 25.1 Å². The molecule has 4 aromatic rings. The third kappa shape index (κ3) is 1.62. The zero-order chi connectivity index (χ0) is 14.4. The zero-order valence-electron chi connectivity index (χ0n) is 11.1. The maximum Gasteiger partial charge on any atom is 0.190 e. The molecule has 0 saturated carbocycles. The van der Waals surface area contributed by atoms with Gasteiger partial charge in [-0.1, -0.05) is 0 Å². The Morgan fingerprint density at radius 3 is 2.95 bits per heavy atom. The van der Waals surface area contributed by atoms with Gasteiger partial charge in [0, 0.05) is 17.3 Å². The number of H-pyrrole nitrogens is 1. The van der Waals surface area contributed by atoms with E-state index in [1.54, 1.807) is 30.2 Å². The molecular formula is C13H11N7O. The van der Waals surface area contributed by atoms with Gasteiger partial charge in [0.15, 0.2) is 17.1 Å². The standard InChI is InChI=1S/C13H11N7O/c1-21-7-2-3-8(9(14)4-7)12-18-19-13-10-11(16-5-15-10)17-6-20(12)13/h2-6H,14H2,1H3,(H,15,16). The van der Waals surface area contributed by atoms with Crippen LogP contribution in [0.1, 0.15) is 0 Å². The lowest BCUT2D eigenvalue weighted by Crippen LogP contribution is -1.97. The van der Waals surface area contributed by atoms with E-state index in [4.69, 9.17) is 10.5 Å². The molecule has 4 rings (SSSR count). The minimum atomic E-state index is 0.563. The minimum absolute atomic E-state index is 0.563. The topological polar surface area (TPSA) is 107 Å². The van der Waals surface area contributed by atoms with E-state index in [1.807, 2.05) is 12.1 Å². The largest absolute Gasteiger partial charge is 0.497 e. The average molecular weight is 281 g/mol. The van der Waals surface area contributed by atoms with Gasteiger partial charge in [0.25, 0.3) is 0 Å². The molecule has 8 nitrogen and oxygen atoms in total. The highest BCUT2D eigenvalue weighted by atomic mass is 16.5. The van der Waals surface area contributed by atoms with Crippen LogP contribution >= 0.6 is 0 Å². The van der Waals surface area contributed by atoms with E-state index in [-0.39, 0.29) is 0 Å². The summed E-state index contributed by atoms with van der Waals surface area (Å²) in [5.74, 6) is 1.31. The van der Waals surface area contributed by atoms with Crippen molar-refractivity contribution in [2.24, 2.45) is 0 Å².